The number of carbonyl (C=O) groups excluding carboxylic acids is 1. The number of nitrogens with one attached hydrogen (secondary N) is 1. The van der Waals surface area contributed by atoms with Gasteiger partial charge in [0.05, 0.1) is 22.1 Å². The zero-order valence-electron chi connectivity index (χ0n) is 10.3. The normalized spacial score (nSPS) is 18.6. The minimum atomic E-state index is -4.50. The molecule has 0 aromatic heterocycles. The van der Waals surface area contributed by atoms with Crippen LogP contribution in [0.25, 0.3) is 0 Å². The predicted molar refractivity (Wildman–Crippen MR) is 70.3 cm³/mol. The summed E-state index contributed by atoms with van der Waals surface area (Å²) in [6.07, 6.45) is -2.81. The first-order valence-electron chi connectivity index (χ1n) is 5.95. The van der Waals surface area contributed by atoms with Gasteiger partial charge < -0.3 is 5.32 Å². The molecule has 1 atom stereocenters. The van der Waals surface area contributed by atoms with Crippen molar-refractivity contribution in [1.82, 2.24) is 0 Å². The third kappa shape index (κ3) is 3.25. The topological polar surface area (TPSA) is 52.9 Å². The monoisotopic (exact) mass is 300 g/mol. The van der Waals surface area contributed by atoms with E-state index in [1.54, 1.807) is 6.07 Å². The summed E-state index contributed by atoms with van der Waals surface area (Å²) in [4.78, 5) is 11.9. The van der Waals surface area contributed by atoms with Crippen molar-refractivity contribution in [3.05, 3.63) is 29.3 Å². The van der Waals surface area contributed by atoms with E-state index in [1.165, 1.54) is 11.8 Å². The number of thioether (sulfide) groups is 1. The summed E-state index contributed by atoms with van der Waals surface area (Å²) in [6, 6.07) is 4.41. The van der Waals surface area contributed by atoms with E-state index in [-0.39, 0.29) is 22.4 Å². The van der Waals surface area contributed by atoms with Crippen molar-refractivity contribution in [1.29, 1.82) is 5.26 Å². The minimum absolute atomic E-state index is 0.123. The Balaban J connectivity index is 2.20. The predicted octanol–water partition coefficient (Wildman–Crippen LogP) is 3.41. The third-order valence-electron chi connectivity index (χ3n) is 2.95. The summed E-state index contributed by atoms with van der Waals surface area (Å²) in [6.45, 7) is 0. The molecule has 106 valence electrons. The highest BCUT2D eigenvalue weighted by Gasteiger charge is 2.31. The van der Waals surface area contributed by atoms with Crippen molar-refractivity contribution in [2.24, 2.45) is 0 Å². The first kappa shape index (κ1) is 14.7. The highest BCUT2D eigenvalue weighted by atomic mass is 32.2. The Hall–Kier alpha value is -1.68. The summed E-state index contributed by atoms with van der Waals surface area (Å²) < 4.78 is 37.6. The highest BCUT2D eigenvalue weighted by molar-refractivity contribution is 8.00. The van der Waals surface area contributed by atoms with E-state index in [9.17, 15) is 18.0 Å². The zero-order valence-corrected chi connectivity index (χ0v) is 11.1. The van der Waals surface area contributed by atoms with Crippen LogP contribution in [-0.2, 0) is 11.0 Å². The van der Waals surface area contributed by atoms with Crippen molar-refractivity contribution in [2.45, 2.75) is 24.3 Å². The maximum Gasteiger partial charge on any atom is 0.416 e. The molecule has 1 aromatic rings. The van der Waals surface area contributed by atoms with E-state index in [0.717, 1.165) is 36.8 Å². The van der Waals surface area contributed by atoms with Crippen LogP contribution in [0.3, 0.4) is 0 Å². The van der Waals surface area contributed by atoms with Gasteiger partial charge in [-0.15, -0.1) is 11.8 Å². The smallest absolute Gasteiger partial charge is 0.324 e. The molecule has 1 unspecified atom stereocenters. The third-order valence-corrected chi connectivity index (χ3v) is 4.32. The lowest BCUT2D eigenvalue weighted by Gasteiger charge is -2.13. The Morgan fingerprint density at radius 2 is 2.20 bits per heavy atom. The number of benzene rings is 1. The van der Waals surface area contributed by atoms with Crippen LogP contribution in [0.4, 0.5) is 18.9 Å². The molecule has 0 radical (unpaired) electrons. The van der Waals surface area contributed by atoms with Gasteiger partial charge in [-0.3, -0.25) is 4.79 Å². The van der Waals surface area contributed by atoms with Crippen molar-refractivity contribution in [3.63, 3.8) is 0 Å². The van der Waals surface area contributed by atoms with Gasteiger partial charge >= 0.3 is 6.18 Å². The van der Waals surface area contributed by atoms with Crippen LogP contribution < -0.4 is 5.32 Å². The number of nitrogens with zero attached hydrogens (tertiary/aromatic N) is 1. The Morgan fingerprint density at radius 3 is 2.75 bits per heavy atom. The number of hydrogen-bond acceptors (Lipinski definition) is 3. The van der Waals surface area contributed by atoms with Gasteiger partial charge in [-0.05, 0) is 36.8 Å². The number of carbonyl (C=O) groups is 1. The maximum atomic E-state index is 12.5. The fraction of sp³-hybridized carbons (Fsp3) is 0.385. The van der Waals surface area contributed by atoms with Crippen LogP contribution in [0.1, 0.15) is 24.0 Å². The molecule has 1 amide bonds. The van der Waals surface area contributed by atoms with E-state index in [4.69, 9.17) is 5.26 Å². The van der Waals surface area contributed by atoms with Crippen LogP contribution in [0, 0.1) is 11.3 Å². The fourth-order valence-electron chi connectivity index (χ4n) is 1.92. The molecule has 0 aliphatic carbocycles. The van der Waals surface area contributed by atoms with Crippen molar-refractivity contribution in [2.75, 3.05) is 11.1 Å². The number of hydrogen-bond donors (Lipinski definition) is 1. The molecule has 0 saturated carbocycles. The second-order valence-electron chi connectivity index (χ2n) is 4.36. The number of anilines is 1. The number of amides is 1. The lowest BCUT2D eigenvalue weighted by atomic mass is 10.1. The summed E-state index contributed by atoms with van der Waals surface area (Å²) in [5, 5.41) is 11.3. The molecular weight excluding hydrogens is 289 g/mol. The highest BCUT2D eigenvalue weighted by Crippen LogP contribution is 2.32. The van der Waals surface area contributed by atoms with Gasteiger partial charge in [0.2, 0.25) is 5.91 Å². The minimum Gasteiger partial charge on any atom is -0.324 e. The molecule has 0 spiro atoms. The van der Waals surface area contributed by atoms with Crippen molar-refractivity contribution >= 4 is 23.4 Å². The van der Waals surface area contributed by atoms with Gasteiger partial charge in [-0.25, -0.2) is 0 Å². The standard InChI is InChI=1S/C13H11F3N2OS/c14-13(15,16)9-3-4-10(8(6-9)7-17)18-12(19)11-2-1-5-20-11/h3-4,6,11H,1-2,5H2,(H,18,19). The fourth-order valence-corrected chi connectivity index (χ4v) is 3.08. The molecule has 1 aromatic carbocycles. The molecule has 1 heterocycles. The summed E-state index contributed by atoms with van der Waals surface area (Å²) >= 11 is 1.52. The van der Waals surface area contributed by atoms with Gasteiger partial charge in [0.25, 0.3) is 0 Å². The average molecular weight is 300 g/mol. The Kier molecular flexibility index (Phi) is 4.23. The lowest BCUT2D eigenvalue weighted by molar-refractivity contribution is -0.137. The van der Waals surface area contributed by atoms with Gasteiger partial charge in [0.1, 0.15) is 6.07 Å². The SMILES string of the molecule is N#Cc1cc(C(F)(F)F)ccc1NC(=O)C1CCCS1. The van der Waals surface area contributed by atoms with E-state index >= 15 is 0 Å². The van der Waals surface area contributed by atoms with Gasteiger partial charge in [0, 0.05) is 0 Å². The van der Waals surface area contributed by atoms with E-state index in [1.807, 2.05) is 0 Å². The Morgan fingerprint density at radius 1 is 1.45 bits per heavy atom. The Bertz CT molecular complexity index is 560. The second kappa shape index (κ2) is 5.75. The van der Waals surface area contributed by atoms with Gasteiger partial charge in [-0.1, -0.05) is 0 Å². The molecule has 2 rings (SSSR count). The molecule has 1 fully saturated rings. The van der Waals surface area contributed by atoms with Crippen LogP contribution >= 0.6 is 11.8 Å². The largest absolute Gasteiger partial charge is 0.416 e. The molecule has 3 nitrogen and oxygen atoms in total. The average Bonchev–Trinajstić information content (AvgIpc) is 2.91. The molecule has 7 heteroatoms. The molecule has 1 aliphatic rings. The van der Waals surface area contributed by atoms with Crippen LogP contribution in [0.15, 0.2) is 18.2 Å². The molecule has 0 bridgehead atoms. The molecule has 20 heavy (non-hydrogen) atoms. The van der Waals surface area contributed by atoms with Crippen LogP contribution in [0.5, 0.6) is 0 Å². The molecular formula is C13H11F3N2OS. The van der Waals surface area contributed by atoms with Crippen LogP contribution in [0.2, 0.25) is 0 Å². The zero-order chi connectivity index (χ0) is 14.8. The van der Waals surface area contributed by atoms with E-state index < -0.39 is 11.7 Å². The molecule has 1 N–H and O–H groups in total. The Labute approximate surface area is 118 Å². The number of halogens is 3. The van der Waals surface area contributed by atoms with Crippen LogP contribution in [-0.4, -0.2) is 16.9 Å². The number of rotatable bonds is 2. The number of alkyl halides is 3. The second-order valence-corrected chi connectivity index (χ2v) is 5.67. The molecule has 1 saturated heterocycles. The summed E-state index contributed by atoms with van der Waals surface area (Å²) in [5.41, 5.74) is -0.962. The van der Waals surface area contributed by atoms with Gasteiger partial charge in [0.15, 0.2) is 0 Å². The van der Waals surface area contributed by atoms with Crippen molar-refractivity contribution in [3.8, 4) is 6.07 Å². The maximum absolute atomic E-state index is 12.5. The quantitative estimate of drug-likeness (QED) is 0.910. The first-order valence-corrected chi connectivity index (χ1v) is 7.00. The lowest BCUT2D eigenvalue weighted by Crippen LogP contribution is -2.23. The first-order chi connectivity index (χ1) is 9.41. The summed E-state index contributed by atoms with van der Waals surface area (Å²) in [5.74, 6) is 0.639. The summed E-state index contributed by atoms with van der Waals surface area (Å²) in [7, 11) is 0. The van der Waals surface area contributed by atoms with E-state index in [0.29, 0.717) is 0 Å². The van der Waals surface area contributed by atoms with E-state index in [2.05, 4.69) is 5.32 Å². The molecule has 1 aliphatic heterocycles. The van der Waals surface area contributed by atoms with Crippen molar-refractivity contribution < 1.29 is 18.0 Å². The van der Waals surface area contributed by atoms with Gasteiger partial charge in [-0.2, -0.15) is 18.4 Å². The number of nitriles is 1.